The summed E-state index contributed by atoms with van der Waals surface area (Å²) in [5.41, 5.74) is 1.44. The van der Waals surface area contributed by atoms with E-state index >= 15 is 0 Å². The van der Waals surface area contributed by atoms with E-state index in [0.717, 1.165) is 18.5 Å². The molecule has 1 heterocycles. The molecule has 0 unspecified atom stereocenters. The van der Waals surface area contributed by atoms with Crippen LogP contribution in [0.3, 0.4) is 0 Å². The molecule has 20 heavy (non-hydrogen) atoms. The second kappa shape index (κ2) is 6.88. The SMILES string of the molecule is CC(C)c1cc(C(=O)NCCCC(C)(C)CO)nn1C. The highest BCUT2D eigenvalue weighted by Crippen LogP contribution is 2.20. The van der Waals surface area contributed by atoms with Crippen molar-refractivity contribution in [2.45, 2.75) is 46.5 Å². The lowest BCUT2D eigenvalue weighted by Crippen LogP contribution is -2.26. The molecule has 1 rings (SSSR count). The van der Waals surface area contributed by atoms with Crippen LogP contribution in [-0.4, -0.2) is 33.9 Å². The van der Waals surface area contributed by atoms with Crippen molar-refractivity contribution < 1.29 is 9.90 Å². The van der Waals surface area contributed by atoms with Gasteiger partial charge < -0.3 is 10.4 Å². The van der Waals surface area contributed by atoms with E-state index in [1.165, 1.54) is 0 Å². The summed E-state index contributed by atoms with van der Waals surface area (Å²) >= 11 is 0. The van der Waals surface area contributed by atoms with Gasteiger partial charge in [0.1, 0.15) is 5.69 Å². The summed E-state index contributed by atoms with van der Waals surface area (Å²) in [6.07, 6.45) is 1.73. The summed E-state index contributed by atoms with van der Waals surface area (Å²) in [5, 5.41) is 16.3. The van der Waals surface area contributed by atoms with Crippen LogP contribution in [0.25, 0.3) is 0 Å². The van der Waals surface area contributed by atoms with Gasteiger partial charge in [-0.25, -0.2) is 0 Å². The minimum absolute atomic E-state index is 0.0828. The van der Waals surface area contributed by atoms with E-state index in [1.807, 2.05) is 27.0 Å². The second-order valence-electron chi connectivity index (χ2n) is 6.41. The van der Waals surface area contributed by atoms with Crippen LogP contribution >= 0.6 is 0 Å². The van der Waals surface area contributed by atoms with Crippen molar-refractivity contribution in [1.29, 1.82) is 0 Å². The number of carbonyl (C=O) groups excluding carboxylic acids is 1. The molecule has 0 fully saturated rings. The lowest BCUT2D eigenvalue weighted by atomic mass is 9.89. The first-order chi connectivity index (χ1) is 9.26. The van der Waals surface area contributed by atoms with E-state index in [4.69, 9.17) is 5.11 Å². The Hall–Kier alpha value is -1.36. The normalized spacial score (nSPS) is 11.9. The van der Waals surface area contributed by atoms with Crippen molar-refractivity contribution in [3.8, 4) is 0 Å². The molecule has 5 nitrogen and oxygen atoms in total. The Kier molecular flexibility index (Phi) is 5.74. The zero-order valence-corrected chi connectivity index (χ0v) is 13.2. The van der Waals surface area contributed by atoms with Gasteiger partial charge in [0.05, 0.1) is 0 Å². The molecule has 5 heteroatoms. The molecule has 0 saturated heterocycles. The number of aliphatic hydroxyl groups excluding tert-OH is 1. The summed E-state index contributed by atoms with van der Waals surface area (Å²) in [4.78, 5) is 12.0. The summed E-state index contributed by atoms with van der Waals surface area (Å²) in [7, 11) is 1.86. The van der Waals surface area contributed by atoms with Crippen LogP contribution in [0.15, 0.2) is 6.07 Å². The molecule has 0 aliphatic rings. The molecule has 0 bridgehead atoms. The van der Waals surface area contributed by atoms with Gasteiger partial charge >= 0.3 is 0 Å². The van der Waals surface area contributed by atoms with Crippen LogP contribution in [-0.2, 0) is 7.05 Å². The summed E-state index contributed by atoms with van der Waals surface area (Å²) < 4.78 is 1.76. The van der Waals surface area contributed by atoms with Crippen LogP contribution in [0, 0.1) is 5.41 Å². The molecule has 0 atom stereocenters. The van der Waals surface area contributed by atoms with Crippen molar-refractivity contribution in [2.24, 2.45) is 12.5 Å². The second-order valence-corrected chi connectivity index (χ2v) is 6.41. The first kappa shape index (κ1) is 16.7. The van der Waals surface area contributed by atoms with Crippen LogP contribution in [0.5, 0.6) is 0 Å². The number of aliphatic hydroxyl groups is 1. The summed E-state index contributed by atoms with van der Waals surface area (Å²) in [6, 6.07) is 1.84. The maximum Gasteiger partial charge on any atom is 0.271 e. The van der Waals surface area contributed by atoms with Gasteiger partial charge in [-0.1, -0.05) is 27.7 Å². The van der Waals surface area contributed by atoms with Gasteiger partial charge in [0.15, 0.2) is 0 Å². The Morgan fingerprint density at radius 3 is 2.65 bits per heavy atom. The molecule has 2 N–H and O–H groups in total. The quantitative estimate of drug-likeness (QED) is 0.752. The summed E-state index contributed by atoms with van der Waals surface area (Å²) in [5.74, 6) is 0.216. The molecule has 1 aromatic heterocycles. The Morgan fingerprint density at radius 2 is 2.15 bits per heavy atom. The van der Waals surface area contributed by atoms with E-state index < -0.39 is 0 Å². The molecule has 1 amide bonds. The standard InChI is InChI=1S/C15H27N3O2/c1-11(2)13-9-12(17-18(13)5)14(20)16-8-6-7-15(3,4)10-19/h9,11,19H,6-8,10H2,1-5H3,(H,16,20). The maximum absolute atomic E-state index is 12.0. The fraction of sp³-hybridized carbons (Fsp3) is 0.733. The predicted molar refractivity (Wildman–Crippen MR) is 79.7 cm³/mol. The highest BCUT2D eigenvalue weighted by molar-refractivity contribution is 5.92. The smallest absolute Gasteiger partial charge is 0.271 e. The molecule has 0 aromatic carbocycles. The fourth-order valence-electron chi connectivity index (χ4n) is 2.07. The van der Waals surface area contributed by atoms with Crippen LogP contribution in [0.2, 0.25) is 0 Å². The number of nitrogens with zero attached hydrogens (tertiary/aromatic N) is 2. The average Bonchev–Trinajstić information content (AvgIpc) is 2.77. The molecule has 114 valence electrons. The van der Waals surface area contributed by atoms with E-state index in [1.54, 1.807) is 4.68 Å². The van der Waals surface area contributed by atoms with Gasteiger partial charge in [-0.15, -0.1) is 0 Å². The van der Waals surface area contributed by atoms with Crippen LogP contribution < -0.4 is 5.32 Å². The third kappa shape index (κ3) is 4.63. The molecule has 1 aromatic rings. The van der Waals surface area contributed by atoms with Gasteiger partial charge in [-0.05, 0) is 30.2 Å². The molecule has 0 radical (unpaired) electrons. The largest absolute Gasteiger partial charge is 0.396 e. The van der Waals surface area contributed by atoms with E-state index in [-0.39, 0.29) is 17.9 Å². The van der Waals surface area contributed by atoms with Gasteiger partial charge in [0, 0.05) is 25.9 Å². The molecular weight excluding hydrogens is 254 g/mol. The minimum Gasteiger partial charge on any atom is -0.396 e. The number of amides is 1. The van der Waals surface area contributed by atoms with Gasteiger partial charge in [-0.3, -0.25) is 9.48 Å². The van der Waals surface area contributed by atoms with E-state index in [9.17, 15) is 4.79 Å². The van der Waals surface area contributed by atoms with Crippen LogP contribution in [0.4, 0.5) is 0 Å². The lowest BCUT2D eigenvalue weighted by molar-refractivity contribution is 0.0943. The topological polar surface area (TPSA) is 67.2 Å². The van der Waals surface area contributed by atoms with Crippen molar-refractivity contribution in [3.63, 3.8) is 0 Å². The zero-order chi connectivity index (χ0) is 15.3. The van der Waals surface area contributed by atoms with Crippen molar-refractivity contribution in [1.82, 2.24) is 15.1 Å². The minimum atomic E-state index is -0.130. The molecule has 0 saturated carbocycles. The van der Waals surface area contributed by atoms with E-state index in [2.05, 4.69) is 24.3 Å². The Morgan fingerprint density at radius 1 is 1.50 bits per heavy atom. The fourth-order valence-corrected chi connectivity index (χ4v) is 2.07. The third-order valence-electron chi connectivity index (χ3n) is 3.48. The third-order valence-corrected chi connectivity index (χ3v) is 3.48. The highest BCUT2D eigenvalue weighted by atomic mass is 16.3. The number of hydrogen-bond acceptors (Lipinski definition) is 3. The number of aryl methyl sites for hydroxylation is 1. The molecule has 0 aliphatic heterocycles. The van der Waals surface area contributed by atoms with Gasteiger partial charge in [-0.2, -0.15) is 5.10 Å². The molecule has 0 spiro atoms. The van der Waals surface area contributed by atoms with Crippen LogP contribution in [0.1, 0.15) is 62.6 Å². The van der Waals surface area contributed by atoms with Gasteiger partial charge in [0.2, 0.25) is 0 Å². The van der Waals surface area contributed by atoms with Crippen molar-refractivity contribution >= 4 is 5.91 Å². The monoisotopic (exact) mass is 281 g/mol. The number of aromatic nitrogens is 2. The number of carbonyl (C=O) groups is 1. The Labute approximate surface area is 121 Å². The Balaban J connectivity index is 2.46. The summed E-state index contributed by atoms with van der Waals surface area (Å²) in [6.45, 7) is 8.96. The average molecular weight is 281 g/mol. The van der Waals surface area contributed by atoms with Crippen molar-refractivity contribution in [3.05, 3.63) is 17.5 Å². The van der Waals surface area contributed by atoms with E-state index in [0.29, 0.717) is 18.2 Å². The molecule has 0 aliphatic carbocycles. The van der Waals surface area contributed by atoms with Crippen molar-refractivity contribution in [2.75, 3.05) is 13.2 Å². The molecular formula is C15H27N3O2. The Bertz CT molecular complexity index is 450. The maximum atomic E-state index is 12.0. The number of hydrogen-bond donors (Lipinski definition) is 2. The number of nitrogens with one attached hydrogen (secondary N) is 1. The number of rotatable bonds is 7. The predicted octanol–water partition coefficient (Wildman–Crippen LogP) is 2.07. The van der Waals surface area contributed by atoms with Gasteiger partial charge in [0.25, 0.3) is 5.91 Å². The first-order valence-electron chi connectivity index (χ1n) is 7.20. The highest BCUT2D eigenvalue weighted by Gasteiger charge is 2.17. The first-order valence-corrected chi connectivity index (χ1v) is 7.20. The zero-order valence-electron chi connectivity index (χ0n) is 13.2. The lowest BCUT2D eigenvalue weighted by Gasteiger charge is -2.21.